The first kappa shape index (κ1) is 14.2. The number of thiazole rings is 1. The minimum atomic E-state index is -0.230. The zero-order valence-corrected chi connectivity index (χ0v) is 13.2. The van der Waals surface area contributed by atoms with E-state index in [9.17, 15) is 4.79 Å². The Morgan fingerprint density at radius 2 is 2.26 bits per heavy atom. The van der Waals surface area contributed by atoms with Gasteiger partial charge in [-0.15, -0.1) is 11.3 Å². The second kappa shape index (κ2) is 6.30. The van der Waals surface area contributed by atoms with Gasteiger partial charge in [0.25, 0.3) is 0 Å². The SMILES string of the molecule is CCOC(=O)Cc1csc(-c2ccc(Br)cc2C)n1. The van der Waals surface area contributed by atoms with Crippen molar-refractivity contribution in [2.24, 2.45) is 0 Å². The highest BCUT2D eigenvalue weighted by molar-refractivity contribution is 9.10. The molecule has 2 aromatic rings. The van der Waals surface area contributed by atoms with Crippen LogP contribution in [0.1, 0.15) is 18.2 Å². The Morgan fingerprint density at radius 1 is 1.47 bits per heavy atom. The van der Waals surface area contributed by atoms with E-state index in [1.807, 2.05) is 24.4 Å². The van der Waals surface area contributed by atoms with E-state index in [1.165, 1.54) is 0 Å². The average molecular weight is 340 g/mol. The molecule has 0 aliphatic heterocycles. The molecule has 2 rings (SSSR count). The highest BCUT2D eigenvalue weighted by atomic mass is 79.9. The van der Waals surface area contributed by atoms with Crippen LogP contribution < -0.4 is 0 Å². The summed E-state index contributed by atoms with van der Waals surface area (Å²) in [6.07, 6.45) is 0.236. The Labute approximate surface area is 124 Å². The van der Waals surface area contributed by atoms with Gasteiger partial charge in [-0.05, 0) is 31.5 Å². The fourth-order valence-electron chi connectivity index (χ4n) is 1.74. The van der Waals surface area contributed by atoms with Crippen molar-refractivity contribution < 1.29 is 9.53 Å². The molecule has 1 aromatic heterocycles. The predicted molar refractivity (Wildman–Crippen MR) is 80.3 cm³/mol. The summed E-state index contributed by atoms with van der Waals surface area (Å²) >= 11 is 4.99. The average Bonchev–Trinajstić information content (AvgIpc) is 2.77. The van der Waals surface area contributed by atoms with Crippen molar-refractivity contribution in [3.05, 3.63) is 39.3 Å². The number of hydrogen-bond donors (Lipinski definition) is 0. The normalized spacial score (nSPS) is 10.5. The monoisotopic (exact) mass is 339 g/mol. The lowest BCUT2D eigenvalue weighted by molar-refractivity contribution is -0.142. The summed E-state index contributed by atoms with van der Waals surface area (Å²) in [7, 11) is 0. The molecule has 3 nitrogen and oxygen atoms in total. The maximum absolute atomic E-state index is 11.4. The number of ether oxygens (including phenoxy) is 1. The lowest BCUT2D eigenvalue weighted by atomic mass is 10.1. The Morgan fingerprint density at radius 3 is 2.95 bits per heavy atom. The summed E-state index contributed by atoms with van der Waals surface area (Å²) in [6, 6.07) is 6.09. The number of esters is 1. The number of halogens is 1. The molecule has 0 N–H and O–H groups in total. The first-order valence-corrected chi connectivity index (χ1v) is 7.64. The van der Waals surface area contributed by atoms with Crippen LogP contribution in [0.2, 0.25) is 0 Å². The molecule has 0 atom stereocenters. The first-order valence-electron chi connectivity index (χ1n) is 5.96. The minimum Gasteiger partial charge on any atom is -0.466 e. The van der Waals surface area contributed by atoms with E-state index in [0.29, 0.717) is 6.61 Å². The molecular weight excluding hydrogens is 326 g/mol. The molecule has 0 fully saturated rings. The van der Waals surface area contributed by atoms with E-state index < -0.39 is 0 Å². The van der Waals surface area contributed by atoms with Gasteiger partial charge in [-0.2, -0.15) is 0 Å². The van der Waals surface area contributed by atoms with Crippen LogP contribution in [0.3, 0.4) is 0 Å². The van der Waals surface area contributed by atoms with Gasteiger partial charge in [0.05, 0.1) is 18.7 Å². The Hall–Kier alpha value is -1.20. The van der Waals surface area contributed by atoms with E-state index in [2.05, 4.69) is 27.0 Å². The second-order valence-electron chi connectivity index (χ2n) is 4.09. The van der Waals surface area contributed by atoms with Crippen molar-refractivity contribution in [2.75, 3.05) is 6.61 Å². The molecule has 0 spiro atoms. The predicted octanol–water partition coefficient (Wildman–Crippen LogP) is 3.99. The smallest absolute Gasteiger partial charge is 0.311 e. The van der Waals surface area contributed by atoms with Crippen LogP contribution in [-0.4, -0.2) is 17.6 Å². The maximum Gasteiger partial charge on any atom is 0.311 e. The van der Waals surface area contributed by atoms with E-state index in [0.717, 1.165) is 26.3 Å². The third kappa shape index (κ3) is 3.64. The van der Waals surface area contributed by atoms with Crippen LogP contribution >= 0.6 is 27.3 Å². The van der Waals surface area contributed by atoms with Gasteiger partial charge in [-0.1, -0.05) is 22.0 Å². The van der Waals surface area contributed by atoms with Gasteiger partial charge < -0.3 is 4.74 Å². The van der Waals surface area contributed by atoms with Crippen LogP contribution in [0.25, 0.3) is 10.6 Å². The summed E-state index contributed by atoms with van der Waals surface area (Å²) in [5.74, 6) is -0.230. The molecule has 0 amide bonds. The second-order valence-corrected chi connectivity index (χ2v) is 5.86. The minimum absolute atomic E-state index is 0.230. The molecular formula is C14H14BrNO2S. The number of hydrogen-bond acceptors (Lipinski definition) is 4. The zero-order chi connectivity index (χ0) is 13.8. The zero-order valence-electron chi connectivity index (χ0n) is 10.8. The van der Waals surface area contributed by atoms with Gasteiger partial charge in [0.2, 0.25) is 0 Å². The topological polar surface area (TPSA) is 39.2 Å². The molecule has 0 aliphatic carbocycles. The van der Waals surface area contributed by atoms with Crippen LogP contribution in [0.15, 0.2) is 28.1 Å². The molecule has 0 saturated carbocycles. The molecule has 1 heterocycles. The van der Waals surface area contributed by atoms with E-state index in [1.54, 1.807) is 18.3 Å². The number of benzene rings is 1. The maximum atomic E-state index is 11.4. The van der Waals surface area contributed by atoms with Crippen LogP contribution in [0.4, 0.5) is 0 Å². The number of aromatic nitrogens is 1. The van der Waals surface area contributed by atoms with E-state index in [4.69, 9.17) is 4.74 Å². The summed E-state index contributed by atoms with van der Waals surface area (Å²) in [4.78, 5) is 15.9. The Balaban J connectivity index is 2.18. The van der Waals surface area contributed by atoms with Crippen molar-refractivity contribution in [3.63, 3.8) is 0 Å². The van der Waals surface area contributed by atoms with Gasteiger partial charge in [-0.3, -0.25) is 4.79 Å². The van der Waals surface area contributed by atoms with E-state index in [-0.39, 0.29) is 12.4 Å². The quantitative estimate of drug-likeness (QED) is 0.790. The highest BCUT2D eigenvalue weighted by Crippen LogP contribution is 2.28. The van der Waals surface area contributed by atoms with Gasteiger partial charge in [0.15, 0.2) is 0 Å². The molecule has 0 radical (unpaired) electrons. The summed E-state index contributed by atoms with van der Waals surface area (Å²) in [5, 5.41) is 2.84. The lowest BCUT2D eigenvalue weighted by Gasteiger charge is -2.02. The molecule has 19 heavy (non-hydrogen) atoms. The standard InChI is InChI=1S/C14H14BrNO2S/c1-3-18-13(17)7-11-8-19-14(16-11)12-5-4-10(15)6-9(12)2/h4-6,8H,3,7H2,1-2H3. The summed E-state index contributed by atoms with van der Waals surface area (Å²) in [6.45, 7) is 4.25. The third-order valence-electron chi connectivity index (χ3n) is 2.60. The molecule has 0 aliphatic rings. The van der Waals surface area contributed by atoms with Crippen LogP contribution in [0, 0.1) is 6.92 Å². The van der Waals surface area contributed by atoms with Crippen LogP contribution in [0.5, 0.6) is 0 Å². The van der Waals surface area contributed by atoms with Crippen LogP contribution in [-0.2, 0) is 16.0 Å². The number of aryl methyl sites for hydroxylation is 1. The number of rotatable bonds is 4. The fraction of sp³-hybridized carbons (Fsp3) is 0.286. The van der Waals surface area contributed by atoms with Crippen molar-refractivity contribution in [2.45, 2.75) is 20.3 Å². The lowest BCUT2D eigenvalue weighted by Crippen LogP contribution is -2.07. The fourth-order valence-corrected chi connectivity index (χ4v) is 3.12. The van der Waals surface area contributed by atoms with Crippen molar-refractivity contribution in [1.29, 1.82) is 0 Å². The van der Waals surface area contributed by atoms with Gasteiger partial charge in [-0.25, -0.2) is 4.98 Å². The largest absolute Gasteiger partial charge is 0.466 e. The van der Waals surface area contributed by atoms with Crippen molar-refractivity contribution in [1.82, 2.24) is 4.98 Å². The number of nitrogens with zero attached hydrogens (tertiary/aromatic N) is 1. The molecule has 5 heteroatoms. The van der Waals surface area contributed by atoms with E-state index >= 15 is 0 Å². The van der Waals surface area contributed by atoms with Gasteiger partial charge >= 0.3 is 5.97 Å². The number of carbonyl (C=O) groups is 1. The molecule has 100 valence electrons. The molecule has 1 aromatic carbocycles. The Bertz CT molecular complexity index is 595. The molecule has 0 saturated heterocycles. The summed E-state index contributed by atoms with van der Waals surface area (Å²) in [5.41, 5.74) is 3.02. The highest BCUT2D eigenvalue weighted by Gasteiger charge is 2.11. The number of carbonyl (C=O) groups excluding carboxylic acids is 1. The summed E-state index contributed by atoms with van der Waals surface area (Å²) < 4.78 is 5.97. The molecule has 0 unspecified atom stereocenters. The van der Waals surface area contributed by atoms with Crippen molar-refractivity contribution in [3.8, 4) is 10.6 Å². The Kier molecular flexibility index (Phi) is 4.71. The first-order chi connectivity index (χ1) is 9.10. The van der Waals surface area contributed by atoms with Crippen molar-refractivity contribution >= 4 is 33.2 Å². The van der Waals surface area contributed by atoms with Gasteiger partial charge in [0, 0.05) is 15.4 Å². The van der Waals surface area contributed by atoms with Gasteiger partial charge in [0.1, 0.15) is 5.01 Å². The molecule has 0 bridgehead atoms. The third-order valence-corrected chi connectivity index (χ3v) is 4.02.